The molecule has 0 unspecified atom stereocenters. The molecule has 1 heterocycles. The number of fused-ring (bicyclic) bond motifs is 1. The first-order valence-electron chi connectivity index (χ1n) is 4.33. The van der Waals surface area contributed by atoms with E-state index < -0.39 is 11.8 Å². The zero-order valence-corrected chi connectivity index (χ0v) is 7.96. The number of ether oxygens (including phenoxy) is 1. The van der Waals surface area contributed by atoms with E-state index in [-0.39, 0.29) is 29.1 Å². The molecule has 0 radical (unpaired) electrons. The van der Waals surface area contributed by atoms with Gasteiger partial charge in [0.25, 0.3) is 5.91 Å². The molecule has 0 bridgehead atoms. The summed E-state index contributed by atoms with van der Waals surface area (Å²) in [6.45, 7) is 0.116. The van der Waals surface area contributed by atoms with Gasteiger partial charge in [-0.2, -0.15) is 0 Å². The molecule has 0 saturated carbocycles. The van der Waals surface area contributed by atoms with Crippen LogP contribution in [0, 0.1) is 5.82 Å². The summed E-state index contributed by atoms with van der Waals surface area (Å²) in [6, 6.07) is 2.68. The Balaban J connectivity index is 2.55. The Morgan fingerprint density at radius 2 is 2.27 bits per heavy atom. The van der Waals surface area contributed by atoms with Crippen LogP contribution in [-0.2, 0) is 11.3 Å². The first-order valence-corrected chi connectivity index (χ1v) is 4.33. The van der Waals surface area contributed by atoms with Gasteiger partial charge in [-0.1, -0.05) is 0 Å². The predicted molar refractivity (Wildman–Crippen MR) is 48.9 cm³/mol. The van der Waals surface area contributed by atoms with Gasteiger partial charge in [0.15, 0.2) is 0 Å². The van der Waals surface area contributed by atoms with Crippen molar-refractivity contribution in [3.05, 3.63) is 34.6 Å². The third kappa shape index (κ3) is 1.36. The largest absolute Gasteiger partial charge is 0.465 e. The number of rotatable bonds is 1. The van der Waals surface area contributed by atoms with Crippen molar-refractivity contribution >= 4 is 11.9 Å². The SMILES string of the molecule is COC(=O)c1ccc2c(c1F)CNC2=O. The first kappa shape index (κ1) is 9.64. The maximum atomic E-state index is 13.7. The van der Waals surface area contributed by atoms with E-state index in [1.807, 2.05) is 0 Å². The summed E-state index contributed by atoms with van der Waals surface area (Å²) >= 11 is 0. The van der Waals surface area contributed by atoms with Gasteiger partial charge in [0.1, 0.15) is 5.82 Å². The summed E-state index contributed by atoms with van der Waals surface area (Å²) in [7, 11) is 1.18. The number of benzene rings is 1. The van der Waals surface area contributed by atoms with Crippen LogP contribution in [0.2, 0.25) is 0 Å². The molecule has 1 aliphatic heterocycles. The zero-order valence-electron chi connectivity index (χ0n) is 7.96. The van der Waals surface area contributed by atoms with E-state index in [9.17, 15) is 14.0 Å². The van der Waals surface area contributed by atoms with Gasteiger partial charge in [-0.05, 0) is 12.1 Å². The fourth-order valence-corrected chi connectivity index (χ4v) is 1.54. The highest BCUT2D eigenvalue weighted by Gasteiger charge is 2.26. The fraction of sp³-hybridized carbons (Fsp3) is 0.200. The molecule has 1 N–H and O–H groups in total. The van der Waals surface area contributed by atoms with Gasteiger partial charge in [-0.25, -0.2) is 9.18 Å². The highest BCUT2D eigenvalue weighted by Crippen LogP contribution is 2.22. The van der Waals surface area contributed by atoms with Crippen LogP contribution in [0.5, 0.6) is 0 Å². The van der Waals surface area contributed by atoms with Crippen molar-refractivity contribution in [3.8, 4) is 0 Å². The molecule has 0 aliphatic carbocycles. The molecule has 15 heavy (non-hydrogen) atoms. The maximum absolute atomic E-state index is 13.7. The summed E-state index contributed by atoms with van der Waals surface area (Å²) in [5.41, 5.74) is 0.357. The van der Waals surface area contributed by atoms with E-state index in [1.54, 1.807) is 0 Å². The number of carbonyl (C=O) groups excluding carboxylic acids is 2. The second-order valence-corrected chi connectivity index (χ2v) is 3.13. The highest BCUT2D eigenvalue weighted by atomic mass is 19.1. The van der Waals surface area contributed by atoms with Gasteiger partial charge in [0.2, 0.25) is 0 Å². The average Bonchev–Trinajstić information content (AvgIpc) is 2.61. The van der Waals surface area contributed by atoms with Gasteiger partial charge < -0.3 is 10.1 Å². The summed E-state index contributed by atoms with van der Waals surface area (Å²) in [5.74, 6) is -1.74. The van der Waals surface area contributed by atoms with Crippen LogP contribution >= 0.6 is 0 Å². The quantitative estimate of drug-likeness (QED) is 0.698. The fourth-order valence-electron chi connectivity index (χ4n) is 1.54. The van der Waals surface area contributed by atoms with Gasteiger partial charge >= 0.3 is 5.97 Å². The number of hydrogen-bond donors (Lipinski definition) is 1. The lowest BCUT2D eigenvalue weighted by atomic mass is 10.1. The Labute approximate surface area is 85.0 Å². The molecule has 4 nitrogen and oxygen atoms in total. The van der Waals surface area contributed by atoms with Crippen LogP contribution in [-0.4, -0.2) is 19.0 Å². The summed E-state index contributed by atoms with van der Waals surface area (Å²) in [6.07, 6.45) is 0. The topological polar surface area (TPSA) is 55.4 Å². The van der Waals surface area contributed by atoms with E-state index in [4.69, 9.17) is 0 Å². The molecule has 0 saturated heterocycles. The molecule has 1 aromatic rings. The molecule has 78 valence electrons. The Morgan fingerprint density at radius 3 is 2.93 bits per heavy atom. The van der Waals surface area contributed by atoms with Crippen molar-refractivity contribution < 1.29 is 18.7 Å². The number of methoxy groups -OCH3 is 1. The maximum Gasteiger partial charge on any atom is 0.340 e. The summed E-state index contributed by atoms with van der Waals surface area (Å²) in [4.78, 5) is 22.3. The second-order valence-electron chi connectivity index (χ2n) is 3.13. The van der Waals surface area contributed by atoms with Crippen molar-refractivity contribution in [2.45, 2.75) is 6.54 Å². The molecule has 0 aromatic heterocycles. The van der Waals surface area contributed by atoms with E-state index >= 15 is 0 Å². The third-order valence-corrected chi connectivity index (χ3v) is 2.32. The third-order valence-electron chi connectivity index (χ3n) is 2.32. The predicted octanol–water partition coefficient (Wildman–Crippen LogP) is 0.856. The Bertz CT molecular complexity index is 456. The van der Waals surface area contributed by atoms with Crippen LogP contribution < -0.4 is 5.32 Å². The first-order chi connectivity index (χ1) is 7.15. The minimum absolute atomic E-state index is 0.116. The van der Waals surface area contributed by atoms with Crippen LogP contribution in [0.1, 0.15) is 26.3 Å². The molecule has 2 rings (SSSR count). The van der Waals surface area contributed by atoms with Gasteiger partial charge in [0, 0.05) is 17.7 Å². The Morgan fingerprint density at radius 1 is 1.53 bits per heavy atom. The second kappa shape index (κ2) is 3.34. The summed E-state index contributed by atoms with van der Waals surface area (Å²) < 4.78 is 18.1. The molecule has 5 heteroatoms. The summed E-state index contributed by atoms with van der Waals surface area (Å²) in [5, 5.41) is 2.48. The van der Waals surface area contributed by atoms with Crippen molar-refractivity contribution in [2.24, 2.45) is 0 Å². The smallest absolute Gasteiger partial charge is 0.340 e. The molecule has 0 spiro atoms. The molecular weight excluding hydrogens is 201 g/mol. The van der Waals surface area contributed by atoms with Crippen LogP contribution in [0.15, 0.2) is 12.1 Å². The monoisotopic (exact) mass is 209 g/mol. The van der Waals surface area contributed by atoms with Crippen molar-refractivity contribution in [1.82, 2.24) is 5.32 Å². The molecule has 1 aliphatic rings. The number of hydrogen-bond acceptors (Lipinski definition) is 3. The van der Waals surface area contributed by atoms with Crippen molar-refractivity contribution in [3.63, 3.8) is 0 Å². The number of esters is 1. The van der Waals surface area contributed by atoms with Crippen molar-refractivity contribution in [1.29, 1.82) is 0 Å². The highest BCUT2D eigenvalue weighted by molar-refractivity contribution is 6.00. The van der Waals surface area contributed by atoms with Crippen molar-refractivity contribution in [2.75, 3.05) is 7.11 Å². The number of halogens is 1. The minimum atomic E-state index is -0.741. The lowest BCUT2D eigenvalue weighted by molar-refractivity contribution is 0.0595. The molecular formula is C10H8FNO3. The van der Waals surface area contributed by atoms with Gasteiger partial charge in [-0.15, -0.1) is 0 Å². The molecule has 0 fully saturated rings. The van der Waals surface area contributed by atoms with Gasteiger partial charge in [0.05, 0.1) is 12.7 Å². The Kier molecular flexibility index (Phi) is 2.15. The number of amides is 1. The van der Waals surface area contributed by atoms with E-state index in [2.05, 4.69) is 10.1 Å². The normalized spacial score (nSPS) is 13.3. The van der Waals surface area contributed by atoms with E-state index in [0.29, 0.717) is 0 Å². The average molecular weight is 209 g/mol. The molecule has 1 amide bonds. The lowest BCUT2D eigenvalue weighted by Gasteiger charge is -2.03. The van der Waals surface area contributed by atoms with Crippen LogP contribution in [0.25, 0.3) is 0 Å². The zero-order chi connectivity index (χ0) is 11.0. The molecule has 1 aromatic carbocycles. The number of nitrogens with one attached hydrogen (secondary N) is 1. The Hall–Kier alpha value is -1.91. The van der Waals surface area contributed by atoms with E-state index in [0.717, 1.165) is 0 Å². The standard InChI is InChI=1S/C10H8FNO3/c1-15-10(14)6-3-2-5-7(8(6)11)4-12-9(5)13/h2-3H,4H2,1H3,(H,12,13). The van der Waals surface area contributed by atoms with E-state index in [1.165, 1.54) is 19.2 Å². The van der Waals surface area contributed by atoms with Crippen LogP contribution in [0.4, 0.5) is 4.39 Å². The minimum Gasteiger partial charge on any atom is -0.465 e. The van der Waals surface area contributed by atoms with Gasteiger partial charge in [-0.3, -0.25) is 4.79 Å². The lowest BCUT2D eigenvalue weighted by Crippen LogP contribution is -2.12. The molecule has 0 atom stereocenters. The van der Waals surface area contributed by atoms with Crippen LogP contribution in [0.3, 0.4) is 0 Å². The number of carbonyl (C=O) groups is 2.